The van der Waals surface area contributed by atoms with Crippen LogP contribution in [-0.4, -0.2) is 22.8 Å². The van der Waals surface area contributed by atoms with Crippen molar-refractivity contribution in [3.8, 4) is 5.75 Å². The Morgan fingerprint density at radius 1 is 1.00 bits per heavy atom. The summed E-state index contributed by atoms with van der Waals surface area (Å²) < 4.78 is 5.05. The molecule has 0 radical (unpaired) electrons. The van der Waals surface area contributed by atoms with Crippen LogP contribution >= 0.6 is 0 Å². The number of ether oxygens (including phenoxy) is 1. The van der Waals surface area contributed by atoms with E-state index in [1.54, 1.807) is 36.4 Å². The van der Waals surface area contributed by atoms with Gasteiger partial charge in [0, 0.05) is 18.9 Å². The fourth-order valence-corrected chi connectivity index (χ4v) is 2.66. The number of hydrogen-bond donors (Lipinski definition) is 1. The summed E-state index contributed by atoms with van der Waals surface area (Å²) in [6.45, 7) is 3.43. The molecule has 0 bridgehead atoms. The predicted octanol–water partition coefficient (Wildman–Crippen LogP) is 3.58. The zero-order valence-electron chi connectivity index (χ0n) is 15.2. The molecule has 0 unspecified atom stereocenters. The van der Waals surface area contributed by atoms with Gasteiger partial charge in [0.15, 0.2) is 0 Å². The third-order valence-corrected chi connectivity index (χ3v) is 4.05. The second-order valence-electron chi connectivity index (χ2n) is 6.20. The Morgan fingerprint density at radius 2 is 1.69 bits per heavy atom. The van der Waals surface area contributed by atoms with Crippen molar-refractivity contribution in [2.45, 2.75) is 46.0 Å². The second kappa shape index (κ2) is 9.10. The average molecular weight is 356 g/mol. The molecule has 0 saturated carbocycles. The maximum Gasteiger partial charge on any atom is 0.308 e. The van der Waals surface area contributed by atoms with E-state index in [-0.39, 0.29) is 12.3 Å². The van der Waals surface area contributed by atoms with Crippen LogP contribution in [0.1, 0.15) is 56.3 Å². The number of hydrogen-bond acceptors (Lipinski definition) is 5. The molecule has 0 aliphatic rings. The van der Waals surface area contributed by atoms with Gasteiger partial charge in [-0.2, -0.15) is 0 Å². The summed E-state index contributed by atoms with van der Waals surface area (Å²) in [5, 5.41) is 2.30. The van der Waals surface area contributed by atoms with Crippen LogP contribution in [0, 0.1) is 0 Å². The monoisotopic (exact) mass is 356 g/mol. The van der Waals surface area contributed by atoms with Crippen molar-refractivity contribution in [3.05, 3.63) is 42.0 Å². The molecule has 6 heteroatoms. The number of unbranched alkanes of at least 4 members (excludes halogenated alkanes) is 3. The molecule has 0 aromatic heterocycles. The van der Waals surface area contributed by atoms with Crippen LogP contribution in [0.25, 0.3) is 10.8 Å². The Labute approximate surface area is 152 Å². The summed E-state index contributed by atoms with van der Waals surface area (Å²) in [5.74, 6) is 4.84. The van der Waals surface area contributed by atoms with Crippen molar-refractivity contribution in [1.82, 2.24) is 5.01 Å². The lowest BCUT2D eigenvalue weighted by molar-refractivity contribution is -0.132. The number of amides is 2. The number of rotatable bonds is 7. The molecule has 0 saturated heterocycles. The minimum Gasteiger partial charge on any atom is -0.427 e. The van der Waals surface area contributed by atoms with Gasteiger partial charge in [-0.15, -0.1) is 0 Å². The number of nitrogens with two attached hydrogens (primary N) is 1. The van der Waals surface area contributed by atoms with E-state index in [4.69, 9.17) is 10.6 Å². The Bertz CT molecular complexity index is 817. The van der Waals surface area contributed by atoms with Gasteiger partial charge in [0.05, 0.1) is 0 Å². The van der Waals surface area contributed by atoms with Gasteiger partial charge in [-0.05, 0) is 41.5 Å². The molecule has 0 fully saturated rings. The molecule has 2 rings (SSSR count). The highest BCUT2D eigenvalue weighted by Gasteiger charge is 2.19. The summed E-state index contributed by atoms with van der Waals surface area (Å²) in [5.41, 5.74) is 0.335. The molecule has 2 aromatic rings. The van der Waals surface area contributed by atoms with E-state index in [2.05, 4.69) is 6.92 Å². The van der Waals surface area contributed by atoms with Crippen LogP contribution in [0.15, 0.2) is 36.4 Å². The van der Waals surface area contributed by atoms with E-state index in [0.717, 1.165) is 36.5 Å². The lowest BCUT2D eigenvalue weighted by atomic mass is 10.1. The fraction of sp³-hybridized carbons (Fsp3) is 0.350. The van der Waals surface area contributed by atoms with Crippen LogP contribution in [0.4, 0.5) is 0 Å². The quantitative estimate of drug-likeness (QED) is 0.204. The van der Waals surface area contributed by atoms with Gasteiger partial charge in [0.1, 0.15) is 5.75 Å². The van der Waals surface area contributed by atoms with Crippen LogP contribution in [0.5, 0.6) is 5.75 Å². The van der Waals surface area contributed by atoms with Crippen molar-refractivity contribution >= 4 is 28.6 Å². The molecule has 0 atom stereocenters. The third-order valence-electron chi connectivity index (χ3n) is 4.05. The zero-order chi connectivity index (χ0) is 19.1. The number of hydrazine groups is 1. The van der Waals surface area contributed by atoms with Crippen LogP contribution in [0.3, 0.4) is 0 Å². The molecular formula is C20H24N2O4. The Hall–Kier alpha value is -2.73. The molecule has 26 heavy (non-hydrogen) atoms. The third kappa shape index (κ3) is 5.13. The first-order valence-electron chi connectivity index (χ1n) is 8.76. The molecule has 0 heterocycles. The molecule has 2 amide bonds. The first-order valence-corrected chi connectivity index (χ1v) is 8.76. The SMILES string of the molecule is CCCCCCC(=O)N(N)C(=O)c1ccc2cc(OC(C)=O)ccc2c1. The summed E-state index contributed by atoms with van der Waals surface area (Å²) >= 11 is 0. The van der Waals surface area contributed by atoms with Crippen LogP contribution in [0.2, 0.25) is 0 Å². The van der Waals surface area contributed by atoms with Gasteiger partial charge in [-0.25, -0.2) is 10.9 Å². The van der Waals surface area contributed by atoms with Gasteiger partial charge in [0.2, 0.25) is 5.91 Å². The summed E-state index contributed by atoms with van der Waals surface area (Å²) in [6, 6.07) is 10.1. The summed E-state index contributed by atoms with van der Waals surface area (Å²) in [7, 11) is 0. The fourth-order valence-electron chi connectivity index (χ4n) is 2.66. The molecule has 2 N–H and O–H groups in total. The van der Waals surface area contributed by atoms with Gasteiger partial charge < -0.3 is 4.74 Å². The first kappa shape index (κ1) is 19.6. The highest BCUT2D eigenvalue weighted by atomic mass is 16.5. The molecule has 0 aliphatic heterocycles. The van der Waals surface area contributed by atoms with Crippen LogP contribution < -0.4 is 10.6 Å². The van der Waals surface area contributed by atoms with Crippen molar-refractivity contribution in [2.75, 3.05) is 0 Å². The van der Waals surface area contributed by atoms with Crippen molar-refractivity contribution < 1.29 is 19.1 Å². The van der Waals surface area contributed by atoms with Crippen molar-refractivity contribution in [2.24, 2.45) is 5.84 Å². The standard InChI is InChI=1S/C20H24N2O4/c1-3-4-5-6-7-19(24)22(21)20(25)17-9-8-16-13-18(26-14(2)23)11-10-15(16)12-17/h8-13H,3-7,21H2,1-2H3. The number of imide groups is 1. The normalized spacial score (nSPS) is 10.6. The Kier molecular flexibility index (Phi) is 6.86. The molecule has 138 valence electrons. The van der Waals surface area contributed by atoms with E-state index in [1.165, 1.54) is 6.92 Å². The number of nitrogens with zero attached hydrogens (tertiary/aromatic N) is 1. The number of fused-ring (bicyclic) bond motifs is 1. The lowest BCUT2D eigenvalue weighted by Gasteiger charge is -2.15. The van der Waals surface area contributed by atoms with E-state index < -0.39 is 11.9 Å². The maximum absolute atomic E-state index is 12.4. The summed E-state index contributed by atoms with van der Waals surface area (Å²) in [6.07, 6.45) is 4.08. The highest BCUT2D eigenvalue weighted by molar-refractivity contribution is 6.06. The van der Waals surface area contributed by atoms with Crippen LogP contribution in [-0.2, 0) is 9.59 Å². The smallest absolute Gasteiger partial charge is 0.308 e. The topological polar surface area (TPSA) is 89.7 Å². The van der Waals surface area contributed by atoms with Gasteiger partial charge >= 0.3 is 5.97 Å². The lowest BCUT2D eigenvalue weighted by Crippen LogP contribution is -2.42. The Morgan fingerprint density at radius 3 is 2.38 bits per heavy atom. The number of esters is 1. The largest absolute Gasteiger partial charge is 0.427 e. The van der Waals surface area contributed by atoms with E-state index >= 15 is 0 Å². The highest BCUT2D eigenvalue weighted by Crippen LogP contribution is 2.23. The van der Waals surface area contributed by atoms with Crippen molar-refractivity contribution in [1.29, 1.82) is 0 Å². The minimum absolute atomic E-state index is 0.265. The second-order valence-corrected chi connectivity index (χ2v) is 6.20. The minimum atomic E-state index is -0.531. The number of carbonyl (C=O) groups excluding carboxylic acids is 3. The molecule has 2 aromatic carbocycles. The van der Waals surface area contributed by atoms with E-state index in [9.17, 15) is 14.4 Å². The molecule has 0 aliphatic carbocycles. The van der Waals surface area contributed by atoms with Crippen molar-refractivity contribution in [3.63, 3.8) is 0 Å². The average Bonchev–Trinajstić information content (AvgIpc) is 2.63. The molecule has 6 nitrogen and oxygen atoms in total. The Balaban J connectivity index is 2.09. The van der Waals surface area contributed by atoms with E-state index in [1.807, 2.05) is 0 Å². The molecule has 0 spiro atoms. The number of carbonyl (C=O) groups is 3. The first-order chi connectivity index (χ1) is 12.4. The van der Waals surface area contributed by atoms with E-state index in [0.29, 0.717) is 16.3 Å². The van der Waals surface area contributed by atoms with Gasteiger partial charge in [-0.3, -0.25) is 14.4 Å². The predicted molar refractivity (Wildman–Crippen MR) is 99.4 cm³/mol. The van der Waals surface area contributed by atoms with Gasteiger partial charge in [0.25, 0.3) is 5.91 Å². The maximum atomic E-state index is 12.4. The van der Waals surface area contributed by atoms with Gasteiger partial charge in [-0.1, -0.05) is 38.3 Å². The summed E-state index contributed by atoms with van der Waals surface area (Å²) in [4.78, 5) is 35.5. The molecular weight excluding hydrogens is 332 g/mol. The zero-order valence-corrected chi connectivity index (χ0v) is 15.2. The number of benzene rings is 2.